The molecule has 2 aliphatic rings. The zero-order valence-electron chi connectivity index (χ0n) is 20.2. The van der Waals surface area contributed by atoms with E-state index in [1.165, 1.54) is 11.1 Å². The molecule has 0 aromatic heterocycles. The molecule has 0 radical (unpaired) electrons. The van der Waals surface area contributed by atoms with E-state index in [1.807, 2.05) is 24.3 Å². The van der Waals surface area contributed by atoms with Crippen LogP contribution in [0, 0.1) is 11.3 Å². The van der Waals surface area contributed by atoms with E-state index in [4.69, 9.17) is 9.47 Å². The molecule has 8 heteroatoms. The van der Waals surface area contributed by atoms with Crippen molar-refractivity contribution in [2.75, 3.05) is 39.5 Å². The number of ether oxygens (including phenoxy) is 2. The van der Waals surface area contributed by atoms with Gasteiger partial charge in [0.2, 0.25) is 5.91 Å². The first kappa shape index (κ1) is 24.7. The van der Waals surface area contributed by atoms with Crippen LogP contribution in [0.25, 0.3) is 11.1 Å². The van der Waals surface area contributed by atoms with Crippen molar-refractivity contribution in [1.82, 2.24) is 10.2 Å². The number of amides is 2. The first-order chi connectivity index (χ1) is 16.8. The van der Waals surface area contributed by atoms with Gasteiger partial charge >= 0.3 is 12.1 Å². The van der Waals surface area contributed by atoms with Crippen LogP contribution < -0.4 is 5.32 Å². The van der Waals surface area contributed by atoms with E-state index >= 15 is 0 Å². The fourth-order valence-electron chi connectivity index (χ4n) is 4.81. The van der Waals surface area contributed by atoms with Crippen LogP contribution in [-0.2, 0) is 19.1 Å². The van der Waals surface area contributed by atoms with Crippen molar-refractivity contribution in [3.05, 3.63) is 59.7 Å². The lowest BCUT2D eigenvalue weighted by atomic mass is 9.87. The third-order valence-corrected chi connectivity index (χ3v) is 6.84. The molecule has 1 atom stereocenters. The second-order valence-electron chi connectivity index (χ2n) is 9.75. The molecule has 1 aliphatic heterocycles. The molecule has 1 saturated heterocycles. The van der Waals surface area contributed by atoms with Gasteiger partial charge < -0.3 is 24.8 Å². The number of hydrogen-bond acceptors (Lipinski definition) is 5. The Kier molecular flexibility index (Phi) is 7.40. The lowest BCUT2D eigenvalue weighted by molar-refractivity contribution is -0.146. The van der Waals surface area contributed by atoms with Crippen molar-refractivity contribution in [3.8, 4) is 11.1 Å². The molecule has 0 bridgehead atoms. The van der Waals surface area contributed by atoms with Crippen LogP contribution in [0.2, 0.25) is 0 Å². The van der Waals surface area contributed by atoms with Gasteiger partial charge in [0.25, 0.3) is 0 Å². The SMILES string of the molecule is CC(C)(CCNC(=O)OCC1c2ccccc2-c2ccccc21)C(=O)N1CCOCC(C(=O)O)C1. The zero-order chi connectivity index (χ0) is 25.0. The fraction of sp³-hybridized carbons (Fsp3) is 0.444. The number of carboxylic acids is 1. The van der Waals surface area contributed by atoms with Gasteiger partial charge in [-0.05, 0) is 28.7 Å². The highest BCUT2D eigenvalue weighted by Gasteiger charge is 2.35. The van der Waals surface area contributed by atoms with Gasteiger partial charge in [0.1, 0.15) is 6.61 Å². The smallest absolute Gasteiger partial charge is 0.407 e. The van der Waals surface area contributed by atoms with Crippen LogP contribution in [0.3, 0.4) is 0 Å². The van der Waals surface area contributed by atoms with Gasteiger partial charge in [0.15, 0.2) is 0 Å². The van der Waals surface area contributed by atoms with E-state index in [0.29, 0.717) is 19.6 Å². The summed E-state index contributed by atoms with van der Waals surface area (Å²) < 4.78 is 10.9. The van der Waals surface area contributed by atoms with Crippen molar-refractivity contribution in [2.45, 2.75) is 26.2 Å². The Hall–Kier alpha value is -3.39. The third-order valence-electron chi connectivity index (χ3n) is 6.84. The van der Waals surface area contributed by atoms with Gasteiger partial charge in [-0.1, -0.05) is 62.4 Å². The van der Waals surface area contributed by atoms with Crippen LogP contribution in [0.1, 0.15) is 37.3 Å². The molecular weight excluding hydrogens is 448 g/mol. The second kappa shape index (κ2) is 10.5. The second-order valence-corrected chi connectivity index (χ2v) is 9.75. The summed E-state index contributed by atoms with van der Waals surface area (Å²) in [6.07, 6.45) is -0.130. The number of hydrogen-bond donors (Lipinski definition) is 2. The Labute approximate surface area is 205 Å². The number of carbonyl (C=O) groups is 3. The topological polar surface area (TPSA) is 105 Å². The van der Waals surface area contributed by atoms with Crippen molar-refractivity contribution < 1.29 is 29.0 Å². The van der Waals surface area contributed by atoms with Gasteiger partial charge in [-0.3, -0.25) is 9.59 Å². The molecule has 2 N–H and O–H groups in total. The van der Waals surface area contributed by atoms with Crippen LogP contribution in [0.15, 0.2) is 48.5 Å². The molecule has 0 spiro atoms. The number of fused-ring (bicyclic) bond motifs is 3. The zero-order valence-corrected chi connectivity index (χ0v) is 20.2. The molecule has 8 nitrogen and oxygen atoms in total. The summed E-state index contributed by atoms with van der Waals surface area (Å²) in [6, 6.07) is 16.3. The molecule has 2 aromatic rings. The number of nitrogens with zero attached hydrogens (tertiary/aromatic N) is 1. The maximum Gasteiger partial charge on any atom is 0.407 e. The minimum Gasteiger partial charge on any atom is -0.481 e. The first-order valence-electron chi connectivity index (χ1n) is 12.0. The largest absolute Gasteiger partial charge is 0.481 e. The number of aliphatic carboxylic acids is 1. The normalized spacial score (nSPS) is 17.8. The number of carboxylic acid groups (broad SMARTS) is 1. The summed E-state index contributed by atoms with van der Waals surface area (Å²) in [5.74, 6) is -1.88. The van der Waals surface area contributed by atoms with Gasteiger partial charge in [0, 0.05) is 31.0 Å². The number of alkyl carbamates (subject to hydrolysis) is 1. The average molecular weight is 481 g/mol. The van der Waals surface area contributed by atoms with E-state index in [9.17, 15) is 19.5 Å². The summed E-state index contributed by atoms with van der Waals surface area (Å²) in [7, 11) is 0. The van der Waals surface area contributed by atoms with Crippen LogP contribution in [0.5, 0.6) is 0 Å². The predicted octanol–water partition coefficient (Wildman–Crippen LogP) is 3.50. The molecule has 35 heavy (non-hydrogen) atoms. The molecule has 186 valence electrons. The van der Waals surface area contributed by atoms with Crippen molar-refractivity contribution in [3.63, 3.8) is 0 Å². The van der Waals surface area contributed by atoms with Crippen LogP contribution in [0.4, 0.5) is 4.79 Å². The molecule has 2 amide bonds. The Morgan fingerprint density at radius 1 is 1.09 bits per heavy atom. The van der Waals surface area contributed by atoms with E-state index in [2.05, 4.69) is 29.6 Å². The fourth-order valence-corrected chi connectivity index (χ4v) is 4.81. The molecule has 4 rings (SSSR count). The average Bonchev–Trinajstić information content (AvgIpc) is 2.97. The molecule has 2 aromatic carbocycles. The summed E-state index contributed by atoms with van der Waals surface area (Å²) in [4.78, 5) is 38.5. The highest BCUT2D eigenvalue weighted by atomic mass is 16.5. The maximum absolute atomic E-state index is 13.1. The Bertz CT molecular complexity index is 1050. The van der Waals surface area contributed by atoms with Crippen LogP contribution >= 0.6 is 0 Å². The van der Waals surface area contributed by atoms with Gasteiger partial charge in [-0.2, -0.15) is 0 Å². The number of carbonyl (C=O) groups excluding carboxylic acids is 2. The maximum atomic E-state index is 13.1. The molecule has 1 heterocycles. The van der Waals surface area contributed by atoms with E-state index < -0.39 is 23.4 Å². The molecule has 1 fully saturated rings. The molecule has 1 unspecified atom stereocenters. The summed E-state index contributed by atoms with van der Waals surface area (Å²) >= 11 is 0. The van der Waals surface area contributed by atoms with Gasteiger partial charge in [-0.25, -0.2) is 4.79 Å². The lowest BCUT2D eigenvalue weighted by Gasteiger charge is -2.31. The van der Waals surface area contributed by atoms with E-state index in [-0.39, 0.29) is 38.1 Å². The number of rotatable bonds is 7. The summed E-state index contributed by atoms with van der Waals surface area (Å²) in [6.45, 7) is 4.98. The highest BCUT2D eigenvalue weighted by molar-refractivity contribution is 5.83. The minimum atomic E-state index is -0.973. The summed E-state index contributed by atoms with van der Waals surface area (Å²) in [5, 5.41) is 12.1. The number of benzene rings is 2. The standard InChI is InChI=1S/C27H32N2O6/c1-27(2,25(32)29-13-14-34-16-18(15-29)24(30)31)11-12-28-26(33)35-17-23-21-9-5-3-7-19(21)20-8-4-6-10-22(20)23/h3-10,18,23H,11-17H2,1-2H3,(H,28,33)(H,30,31). The van der Waals surface area contributed by atoms with E-state index in [1.54, 1.807) is 18.7 Å². The van der Waals surface area contributed by atoms with Gasteiger partial charge in [0.05, 0.1) is 19.1 Å². The van der Waals surface area contributed by atoms with E-state index in [0.717, 1.165) is 11.1 Å². The Balaban J connectivity index is 1.28. The Morgan fingerprint density at radius 3 is 2.34 bits per heavy atom. The lowest BCUT2D eigenvalue weighted by Crippen LogP contribution is -2.45. The Morgan fingerprint density at radius 2 is 1.71 bits per heavy atom. The molecular formula is C27H32N2O6. The number of nitrogens with one attached hydrogen (secondary N) is 1. The van der Waals surface area contributed by atoms with Crippen molar-refractivity contribution in [1.29, 1.82) is 0 Å². The predicted molar refractivity (Wildman–Crippen MR) is 130 cm³/mol. The van der Waals surface area contributed by atoms with Crippen molar-refractivity contribution >= 4 is 18.0 Å². The summed E-state index contributed by atoms with van der Waals surface area (Å²) in [5.41, 5.74) is 3.86. The van der Waals surface area contributed by atoms with Crippen molar-refractivity contribution in [2.24, 2.45) is 11.3 Å². The first-order valence-corrected chi connectivity index (χ1v) is 12.0. The van der Waals surface area contributed by atoms with Gasteiger partial charge in [-0.15, -0.1) is 0 Å². The van der Waals surface area contributed by atoms with Crippen LogP contribution in [-0.4, -0.2) is 67.4 Å². The monoisotopic (exact) mass is 480 g/mol. The molecule has 1 aliphatic carbocycles. The highest BCUT2D eigenvalue weighted by Crippen LogP contribution is 2.44. The minimum absolute atomic E-state index is 0.0152. The third kappa shape index (κ3) is 5.48. The molecule has 0 saturated carbocycles. The quantitative estimate of drug-likeness (QED) is 0.629.